The first-order chi connectivity index (χ1) is 11.0. The van der Waals surface area contributed by atoms with E-state index >= 15 is 0 Å². The minimum absolute atomic E-state index is 0.0568. The van der Waals surface area contributed by atoms with Crippen LogP contribution in [0.25, 0.3) is 0 Å². The molecule has 6 nitrogen and oxygen atoms in total. The molecule has 0 aliphatic rings. The van der Waals surface area contributed by atoms with E-state index in [9.17, 15) is 15.2 Å². The van der Waals surface area contributed by atoms with Gasteiger partial charge in [0.1, 0.15) is 11.4 Å². The lowest BCUT2D eigenvalue weighted by Gasteiger charge is -2.05. The zero-order valence-corrected chi connectivity index (χ0v) is 13.3. The first-order valence-electron chi connectivity index (χ1n) is 7.19. The average molecular weight is 334 g/mol. The maximum absolute atomic E-state index is 11.0. The van der Waals surface area contributed by atoms with Crippen molar-refractivity contribution in [1.29, 1.82) is 0 Å². The highest BCUT2D eigenvalue weighted by Gasteiger charge is 2.14. The summed E-state index contributed by atoms with van der Waals surface area (Å²) in [5, 5.41) is 29.3. The number of aryl methyl sites for hydroxylation is 1. The number of halogens is 1. The van der Waals surface area contributed by atoms with Crippen LogP contribution in [0.2, 0.25) is 5.02 Å². The number of phenols is 1. The Balaban J connectivity index is 2.32. The molecule has 0 aromatic heterocycles. The lowest BCUT2D eigenvalue weighted by atomic mass is 10.1. The molecule has 2 aromatic rings. The van der Waals surface area contributed by atoms with Crippen molar-refractivity contribution >= 4 is 28.7 Å². The van der Waals surface area contributed by atoms with Crippen LogP contribution >= 0.6 is 11.6 Å². The van der Waals surface area contributed by atoms with Gasteiger partial charge in [-0.2, -0.15) is 0 Å². The Hall–Kier alpha value is -2.47. The summed E-state index contributed by atoms with van der Waals surface area (Å²) in [5.41, 5.74) is 0.914. The van der Waals surface area contributed by atoms with Gasteiger partial charge in [-0.1, -0.05) is 37.1 Å². The molecule has 0 aliphatic heterocycles. The maximum atomic E-state index is 11.0. The van der Waals surface area contributed by atoms with Crippen molar-refractivity contribution in [2.45, 2.75) is 26.2 Å². The van der Waals surface area contributed by atoms with Gasteiger partial charge in [0.25, 0.3) is 5.69 Å². The SMILES string of the molecule is CCCCc1cccc(N=Nc2ccc(Cl)cc2[N+](=O)[O-])c1O. The standard InChI is InChI=1S/C16H16ClN3O3/c1-2-3-5-11-6-4-7-14(16(11)21)19-18-13-9-8-12(17)10-15(13)20(22)23/h4,6-10,21H,2-3,5H2,1H3. The summed E-state index contributed by atoms with van der Waals surface area (Å²) in [6, 6.07) is 9.34. The van der Waals surface area contributed by atoms with Gasteiger partial charge in [0.05, 0.1) is 4.92 Å². The summed E-state index contributed by atoms with van der Waals surface area (Å²) >= 11 is 5.76. The van der Waals surface area contributed by atoms with Gasteiger partial charge in [-0.15, -0.1) is 10.2 Å². The number of unbranched alkanes of at least 4 members (excludes halogenated alkanes) is 1. The second kappa shape index (κ2) is 7.69. The number of hydrogen-bond donors (Lipinski definition) is 1. The molecule has 0 radical (unpaired) electrons. The van der Waals surface area contributed by atoms with Gasteiger partial charge in [-0.25, -0.2) is 0 Å². The molecule has 2 rings (SSSR count). The van der Waals surface area contributed by atoms with Gasteiger partial charge in [0, 0.05) is 11.1 Å². The van der Waals surface area contributed by atoms with E-state index in [2.05, 4.69) is 17.2 Å². The predicted molar refractivity (Wildman–Crippen MR) is 89.0 cm³/mol. The number of nitrogens with zero attached hydrogens (tertiary/aromatic N) is 3. The Labute approximate surface area is 138 Å². The number of rotatable bonds is 6. The fourth-order valence-corrected chi connectivity index (χ4v) is 2.23. The van der Waals surface area contributed by atoms with Crippen LogP contribution in [0.1, 0.15) is 25.3 Å². The van der Waals surface area contributed by atoms with Crippen molar-refractivity contribution in [1.82, 2.24) is 0 Å². The van der Waals surface area contributed by atoms with Crippen LogP contribution in [-0.4, -0.2) is 10.0 Å². The third kappa shape index (κ3) is 4.26. The number of nitro groups is 1. The Morgan fingerprint density at radius 3 is 2.65 bits per heavy atom. The molecule has 2 aromatic carbocycles. The van der Waals surface area contributed by atoms with Gasteiger partial charge in [0.15, 0.2) is 5.69 Å². The van der Waals surface area contributed by atoms with E-state index < -0.39 is 4.92 Å². The molecule has 23 heavy (non-hydrogen) atoms. The highest BCUT2D eigenvalue weighted by Crippen LogP contribution is 2.35. The molecule has 0 unspecified atom stereocenters. The number of phenolic OH excluding ortho intramolecular Hbond substituents is 1. The monoisotopic (exact) mass is 333 g/mol. The van der Waals surface area contributed by atoms with Crippen LogP contribution in [0, 0.1) is 10.1 Å². The number of azo groups is 1. The van der Waals surface area contributed by atoms with E-state index in [1.165, 1.54) is 18.2 Å². The topological polar surface area (TPSA) is 88.1 Å². The third-order valence-electron chi connectivity index (χ3n) is 3.30. The molecule has 7 heteroatoms. The third-order valence-corrected chi connectivity index (χ3v) is 3.53. The van der Waals surface area contributed by atoms with Crippen LogP contribution in [-0.2, 0) is 6.42 Å². The Bertz CT molecular complexity index is 747. The molecule has 0 heterocycles. The van der Waals surface area contributed by atoms with Crippen molar-refractivity contribution in [3.8, 4) is 5.75 Å². The van der Waals surface area contributed by atoms with Crippen LogP contribution in [0.4, 0.5) is 17.1 Å². The number of benzene rings is 2. The molecule has 0 atom stereocenters. The summed E-state index contributed by atoms with van der Waals surface area (Å²) in [6.07, 6.45) is 2.71. The molecule has 0 amide bonds. The summed E-state index contributed by atoms with van der Waals surface area (Å²) in [4.78, 5) is 10.4. The molecule has 120 valence electrons. The fourth-order valence-electron chi connectivity index (χ4n) is 2.06. The minimum Gasteiger partial charge on any atom is -0.505 e. The van der Waals surface area contributed by atoms with Gasteiger partial charge in [0.2, 0.25) is 0 Å². The Kier molecular flexibility index (Phi) is 5.65. The molecule has 0 aliphatic carbocycles. The molecular weight excluding hydrogens is 318 g/mol. The quantitative estimate of drug-likeness (QED) is 0.417. The van der Waals surface area contributed by atoms with Gasteiger partial charge in [-0.05, 0) is 36.6 Å². The van der Waals surface area contributed by atoms with Crippen LogP contribution in [0.5, 0.6) is 5.75 Å². The molecule has 0 bridgehead atoms. The number of para-hydroxylation sites is 1. The fraction of sp³-hybridized carbons (Fsp3) is 0.250. The van der Waals surface area contributed by atoms with E-state index in [0.29, 0.717) is 0 Å². The van der Waals surface area contributed by atoms with Gasteiger partial charge >= 0.3 is 0 Å². The van der Waals surface area contributed by atoms with Crippen molar-refractivity contribution < 1.29 is 10.0 Å². The maximum Gasteiger partial charge on any atom is 0.298 e. The average Bonchev–Trinajstić information content (AvgIpc) is 2.53. The zero-order valence-electron chi connectivity index (χ0n) is 12.6. The highest BCUT2D eigenvalue weighted by atomic mass is 35.5. The van der Waals surface area contributed by atoms with E-state index in [0.717, 1.165) is 24.8 Å². The van der Waals surface area contributed by atoms with Crippen molar-refractivity contribution in [2.75, 3.05) is 0 Å². The van der Waals surface area contributed by atoms with Gasteiger partial charge in [-0.3, -0.25) is 10.1 Å². The summed E-state index contributed by atoms with van der Waals surface area (Å²) in [6.45, 7) is 2.07. The van der Waals surface area contributed by atoms with Crippen LogP contribution in [0.3, 0.4) is 0 Å². The summed E-state index contributed by atoms with van der Waals surface area (Å²) < 4.78 is 0. The number of aromatic hydroxyl groups is 1. The Morgan fingerprint density at radius 1 is 1.22 bits per heavy atom. The molecule has 0 saturated carbocycles. The molecular formula is C16H16ClN3O3. The number of nitro benzene ring substituents is 1. The van der Waals surface area contributed by atoms with Crippen molar-refractivity contribution in [2.24, 2.45) is 10.2 Å². The van der Waals surface area contributed by atoms with Crippen molar-refractivity contribution in [3.63, 3.8) is 0 Å². The Morgan fingerprint density at radius 2 is 1.96 bits per heavy atom. The largest absolute Gasteiger partial charge is 0.505 e. The minimum atomic E-state index is -0.572. The molecule has 0 saturated heterocycles. The smallest absolute Gasteiger partial charge is 0.298 e. The van der Waals surface area contributed by atoms with E-state index in [-0.39, 0.29) is 27.8 Å². The van der Waals surface area contributed by atoms with E-state index in [1.807, 2.05) is 6.07 Å². The highest BCUT2D eigenvalue weighted by molar-refractivity contribution is 6.30. The summed E-state index contributed by atoms with van der Waals surface area (Å²) in [5.74, 6) is 0.0568. The predicted octanol–water partition coefficient (Wildman–Crippen LogP) is 5.71. The number of hydrogen-bond acceptors (Lipinski definition) is 5. The molecule has 1 N–H and O–H groups in total. The first kappa shape index (κ1) is 16.9. The van der Waals surface area contributed by atoms with Crippen molar-refractivity contribution in [3.05, 3.63) is 57.1 Å². The van der Waals surface area contributed by atoms with Gasteiger partial charge < -0.3 is 5.11 Å². The summed E-state index contributed by atoms with van der Waals surface area (Å²) in [7, 11) is 0. The van der Waals surface area contributed by atoms with E-state index in [1.54, 1.807) is 12.1 Å². The second-order valence-corrected chi connectivity index (χ2v) is 5.42. The zero-order chi connectivity index (χ0) is 16.8. The van der Waals surface area contributed by atoms with E-state index in [4.69, 9.17) is 11.6 Å². The normalized spacial score (nSPS) is 11.0. The molecule has 0 spiro atoms. The first-order valence-corrected chi connectivity index (χ1v) is 7.57. The second-order valence-electron chi connectivity index (χ2n) is 4.98. The molecule has 0 fully saturated rings. The lowest BCUT2D eigenvalue weighted by Crippen LogP contribution is -1.88. The van der Waals surface area contributed by atoms with Crippen LogP contribution in [0.15, 0.2) is 46.6 Å². The van der Waals surface area contributed by atoms with Crippen LogP contribution < -0.4 is 0 Å². The lowest BCUT2D eigenvalue weighted by molar-refractivity contribution is -0.384.